The number of phenols is 1. The molecule has 2 N–H and O–H groups in total. The first kappa shape index (κ1) is 18.0. The van der Waals surface area contributed by atoms with Crippen LogP contribution >= 0.6 is 0 Å². The number of carbonyl (C=O) groups is 3. The predicted molar refractivity (Wildman–Crippen MR) is 85.1 cm³/mol. The fraction of sp³-hybridized carbons (Fsp3) is 0.250. The predicted octanol–water partition coefficient (Wildman–Crippen LogP) is 1.28. The number of aromatic nitrogens is 1. The number of phenolic OH excluding ortho intramolecular Hbond substituents is 1. The van der Waals surface area contributed by atoms with Crippen LogP contribution in [-0.2, 0) is 16.1 Å². The van der Waals surface area contributed by atoms with Gasteiger partial charge < -0.3 is 24.3 Å². The minimum atomic E-state index is -1.47. The van der Waals surface area contributed by atoms with Gasteiger partial charge in [0.15, 0.2) is 11.5 Å². The molecule has 9 heteroatoms. The maximum Gasteiger partial charge on any atom is 0.341 e. The maximum atomic E-state index is 12.4. The van der Waals surface area contributed by atoms with E-state index in [0.717, 1.165) is 20.0 Å². The molecule has 0 aliphatic heterocycles. The van der Waals surface area contributed by atoms with Crippen molar-refractivity contribution in [1.29, 1.82) is 0 Å². The number of carboxylic acid groups (broad SMARTS) is 1. The molecule has 0 spiro atoms. The highest BCUT2D eigenvalue weighted by Crippen LogP contribution is 2.42. The van der Waals surface area contributed by atoms with Gasteiger partial charge in [-0.3, -0.25) is 14.4 Å². The molecule has 0 unspecified atom stereocenters. The van der Waals surface area contributed by atoms with E-state index in [1.165, 1.54) is 10.6 Å². The number of pyridine rings is 1. The van der Waals surface area contributed by atoms with Gasteiger partial charge in [-0.15, -0.1) is 0 Å². The first-order chi connectivity index (χ1) is 11.7. The van der Waals surface area contributed by atoms with E-state index in [-0.39, 0.29) is 23.2 Å². The van der Waals surface area contributed by atoms with Gasteiger partial charge >= 0.3 is 17.9 Å². The Labute approximate surface area is 141 Å². The van der Waals surface area contributed by atoms with Crippen LogP contribution in [0.4, 0.5) is 0 Å². The highest BCUT2D eigenvalue weighted by Gasteiger charge is 2.24. The van der Waals surface area contributed by atoms with Gasteiger partial charge in [0, 0.05) is 32.7 Å². The lowest BCUT2D eigenvalue weighted by Crippen LogP contribution is -2.19. The number of carboxylic acids is 1. The highest BCUT2D eigenvalue weighted by atomic mass is 16.6. The molecule has 0 saturated heterocycles. The van der Waals surface area contributed by atoms with Crippen LogP contribution in [0.1, 0.15) is 31.1 Å². The number of hydrogen-bond acceptors (Lipinski definition) is 7. The molecule has 0 aliphatic rings. The van der Waals surface area contributed by atoms with E-state index in [1.54, 1.807) is 6.92 Å². The first-order valence-corrected chi connectivity index (χ1v) is 7.20. The smallest absolute Gasteiger partial charge is 0.341 e. The van der Waals surface area contributed by atoms with E-state index in [1.807, 2.05) is 0 Å². The number of aryl methyl sites for hydroxylation is 1. The normalized spacial score (nSPS) is 10.5. The molecule has 9 nitrogen and oxygen atoms in total. The third kappa shape index (κ3) is 3.30. The molecule has 25 heavy (non-hydrogen) atoms. The van der Waals surface area contributed by atoms with Crippen LogP contribution in [0, 0.1) is 0 Å². The largest absolute Gasteiger partial charge is 0.504 e. The van der Waals surface area contributed by atoms with E-state index in [0.29, 0.717) is 0 Å². The van der Waals surface area contributed by atoms with Gasteiger partial charge in [0.25, 0.3) is 0 Å². The molecule has 0 fully saturated rings. The molecule has 2 aromatic rings. The summed E-state index contributed by atoms with van der Waals surface area (Å²) in [6, 6.07) is 1.23. The van der Waals surface area contributed by atoms with Crippen molar-refractivity contribution in [2.24, 2.45) is 0 Å². The quantitative estimate of drug-likeness (QED) is 0.623. The summed E-state index contributed by atoms with van der Waals surface area (Å²) in [5, 5.41) is 19.2. The molecule has 1 aromatic carbocycles. The average molecular weight is 349 g/mol. The SMILES string of the molecule is CCn1cc(C(=O)O)c(=O)c2c(O)c(OC(C)=O)c(OC(C)=O)cc21. The van der Waals surface area contributed by atoms with Crippen molar-refractivity contribution in [2.45, 2.75) is 27.3 Å². The summed E-state index contributed by atoms with van der Waals surface area (Å²) in [4.78, 5) is 46.2. The summed E-state index contributed by atoms with van der Waals surface area (Å²) in [6.07, 6.45) is 1.12. The molecule has 0 atom stereocenters. The number of fused-ring (bicyclic) bond motifs is 1. The van der Waals surface area contributed by atoms with Crippen LogP contribution in [0.3, 0.4) is 0 Å². The summed E-state index contributed by atoms with van der Waals surface area (Å²) in [7, 11) is 0. The number of aromatic carboxylic acids is 1. The standard InChI is InChI=1S/C16H15NO8/c1-4-17-6-9(16(22)23)13(20)12-10(17)5-11(24-7(2)18)15(14(12)21)25-8(3)19/h5-6,21H,4H2,1-3H3,(H,22,23). The summed E-state index contributed by atoms with van der Waals surface area (Å²) in [6.45, 7) is 4.12. The van der Waals surface area contributed by atoms with Gasteiger partial charge in [0.05, 0.1) is 10.9 Å². The van der Waals surface area contributed by atoms with Gasteiger partial charge in [0.1, 0.15) is 5.56 Å². The molecule has 1 heterocycles. The Balaban J connectivity index is 2.99. The zero-order valence-corrected chi connectivity index (χ0v) is 13.7. The van der Waals surface area contributed by atoms with Crippen LogP contribution in [-0.4, -0.2) is 32.7 Å². The lowest BCUT2D eigenvalue weighted by molar-refractivity contribution is -0.134. The Bertz CT molecular complexity index is 957. The number of ether oxygens (including phenoxy) is 2. The lowest BCUT2D eigenvalue weighted by Gasteiger charge is -2.16. The molecule has 1 aromatic heterocycles. The van der Waals surface area contributed by atoms with E-state index in [4.69, 9.17) is 9.47 Å². The number of esters is 2. The van der Waals surface area contributed by atoms with E-state index in [9.17, 15) is 29.4 Å². The van der Waals surface area contributed by atoms with Crippen molar-refractivity contribution in [2.75, 3.05) is 0 Å². The molecular weight excluding hydrogens is 334 g/mol. The second-order valence-corrected chi connectivity index (χ2v) is 5.10. The molecule has 0 amide bonds. The van der Waals surface area contributed by atoms with Crippen molar-refractivity contribution < 1.29 is 34.1 Å². The van der Waals surface area contributed by atoms with Gasteiger partial charge in [-0.25, -0.2) is 4.79 Å². The van der Waals surface area contributed by atoms with Crippen LogP contribution in [0.5, 0.6) is 17.2 Å². The molecule has 0 radical (unpaired) electrons. The topological polar surface area (TPSA) is 132 Å². The Morgan fingerprint density at radius 1 is 1.16 bits per heavy atom. The van der Waals surface area contributed by atoms with Gasteiger partial charge in [0.2, 0.25) is 11.2 Å². The Morgan fingerprint density at radius 2 is 1.76 bits per heavy atom. The molecule has 0 saturated carbocycles. The second kappa shape index (κ2) is 6.63. The average Bonchev–Trinajstić information content (AvgIpc) is 2.50. The van der Waals surface area contributed by atoms with Crippen molar-refractivity contribution >= 4 is 28.8 Å². The third-order valence-electron chi connectivity index (χ3n) is 3.34. The van der Waals surface area contributed by atoms with E-state index in [2.05, 4.69) is 0 Å². The fourth-order valence-electron chi connectivity index (χ4n) is 2.37. The molecule has 0 aliphatic carbocycles. The number of carbonyl (C=O) groups excluding carboxylic acids is 2. The Hall–Kier alpha value is -3.36. The third-order valence-corrected chi connectivity index (χ3v) is 3.34. The fourth-order valence-corrected chi connectivity index (χ4v) is 2.37. The minimum absolute atomic E-state index is 0.127. The highest BCUT2D eigenvalue weighted by molar-refractivity contribution is 5.97. The van der Waals surface area contributed by atoms with Crippen LogP contribution in [0.25, 0.3) is 10.9 Å². The van der Waals surface area contributed by atoms with Crippen LogP contribution < -0.4 is 14.9 Å². The van der Waals surface area contributed by atoms with E-state index >= 15 is 0 Å². The second-order valence-electron chi connectivity index (χ2n) is 5.10. The molecular formula is C16H15NO8. The monoisotopic (exact) mass is 349 g/mol. The van der Waals surface area contributed by atoms with Crippen LogP contribution in [0.2, 0.25) is 0 Å². The lowest BCUT2D eigenvalue weighted by atomic mass is 10.1. The molecule has 0 bridgehead atoms. The zero-order chi connectivity index (χ0) is 18.9. The number of benzene rings is 1. The van der Waals surface area contributed by atoms with Crippen molar-refractivity contribution in [3.63, 3.8) is 0 Å². The van der Waals surface area contributed by atoms with Gasteiger partial charge in [-0.05, 0) is 6.92 Å². The number of nitrogens with zero attached hydrogens (tertiary/aromatic N) is 1. The summed E-state index contributed by atoms with van der Waals surface area (Å²) in [5.74, 6) is -4.60. The van der Waals surface area contributed by atoms with Gasteiger partial charge in [-0.1, -0.05) is 0 Å². The van der Waals surface area contributed by atoms with Crippen LogP contribution in [0.15, 0.2) is 17.1 Å². The van der Waals surface area contributed by atoms with Crippen molar-refractivity contribution in [3.05, 3.63) is 28.0 Å². The summed E-state index contributed by atoms with van der Waals surface area (Å²) in [5.41, 5.74) is -1.38. The van der Waals surface area contributed by atoms with Crippen molar-refractivity contribution in [3.8, 4) is 17.2 Å². The summed E-state index contributed by atoms with van der Waals surface area (Å²) >= 11 is 0. The minimum Gasteiger partial charge on any atom is -0.504 e. The summed E-state index contributed by atoms with van der Waals surface area (Å²) < 4.78 is 11.2. The number of aromatic hydroxyl groups is 1. The number of rotatable bonds is 4. The maximum absolute atomic E-state index is 12.4. The number of hydrogen-bond donors (Lipinski definition) is 2. The molecule has 132 valence electrons. The molecule has 2 rings (SSSR count). The Kier molecular flexibility index (Phi) is 4.77. The van der Waals surface area contributed by atoms with Gasteiger partial charge in [-0.2, -0.15) is 0 Å². The van der Waals surface area contributed by atoms with Crippen molar-refractivity contribution in [1.82, 2.24) is 4.57 Å². The first-order valence-electron chi connectivity index (χ1n) is 7.20. The Morgan fingerprint density at radius 3 is 2.24 bits per heavy atom. The zero-order valence-electron chi connectivity index (χ0n) is 13.7. The van der Waals surface area contributed by atoms with E-state index < -0.39 is 40.4 Å².